The predicted molar refractivity (Wildman–Crippen MR) is 137 cm³/mol. The second kappa shape index (κ2) is 14.2. The molecule has 0 N–H and O–H groups in total. The van der Waals surface area contributed by atoms with Crippen LogP contribution in [0.3, 0.4) is 0 Å². The molecule has 3 rings (SSSR count). The smallest absolute Gasteiger partial charge is 0.337 e. The minimum atomic E-state index is -0.359. The highest BCUT2D eigenvalue weighted by molar-refractivity contribution is 7.09. The van der Waals surface area contributed by atoms with Crippen LogP contribution in [-0.4, -0.2) is 35.7 Å². The Morgan fingerprint density at radius 1 is 1.09 bits per heavy atom. The highest BCUT2D eigenvalue weighted by Gasteiger charge is 2.15. The quantitative estimate of drug-likeness (QED) is 0.264. The Morgan fingerprint density at radius 3 is 2.41 bits per heavy atom. The molecule has 0 saturated heterocycles. The van der Waals surface area contributed by atoms with Gasteiger partial charge in [-0.25, -0.2) is 14.6 Å². The topological polar surface area (TPSA) is 70.4 Å². The summed E-state index contributed by atoms with van der Waals surface area (Å²) < 4.78 is 11.9. The molecule has 6 nitrogen and oxygen atoms in total. The van der Waals surface area contributed by atoms with Gasteiger partial charge in [0.05, 0.1) is 31.7 Å². The first-order valence-corrected chi connectivity index (χ1v) is 12.5. The largest absolute Gasteiger partial charge is 0.466 e. The minimum absolute atomic E-state index is 0.344. The molecule has 0 atom stereocenters. The Labute approximate surface area is 206 Å². The van der Waals surface area contributed by atoms with Crippen molar-refractivity contribution in [2.75, 3.05) is 14.2 Å². The first-order chi connectivity index (χ1) is 16.5. The third kappa shape index (κ3) is 7.42. The molecule has 0 bridgehead atoms. The highest BCUT2D eigenvalue weighted by atomic mass is 32.1. The third-order valence-corrected chi connectivity index (χ3v) is 6.03. The van der Waals surface area contributed by atoms with E-state index in [0.29, 0.717) is 24.1 Å². The number of rotatable bonds is 10. The lowest BCUT2D eigenvalue weighted by molar-refractivity contribution is -0.136. The molecule has 0 aliphatic carbocycles. The number of thiophene rings is 1. The standard InChI is InChI=1S/C25H28N2O4S.C2H6/c1-4-5-8-23-26-16-21(14-20(25(29)31-3)15-22-7-6-13-32-22)27(23)17-18-9-11-19(12-10-18)24(28)30-2;1-2/h6-7,9-14,16H,4-5,8,15,17H2,1-3H3;1-2H3/b20-14+;. The van der Waals surface area contributed by atoms with E-state index in [-0.39, 0.29) is 11.9 Å². The van der Waals surface area contributed by atoms with Crippen LogP contribution in [0.4, 0.5) is 0 Å². The van der Waals surface area contributed by atoms with Gasteiger partial charge in [-0.2, -0.15) is 0 Å². The summed E-state index contributed by atoms with van der Waals surface area (Å²) in [5, 5.41) is 2.00. The van der Waals surface area contributed by atoms with Crippen LogP contribution in [0.2, 0.25) is 0 Å². The molecule has 3 aromatic rings. The molecule has 0 radical (unpaired) electrons. The van der Waals surface area contributed by atoms with Crippen LogP contribution >= 0.6 is 11.3 Å². The number of methoxy groups -OCH3 is 2. The maximum absolute atomic E-state index is 12.5. The molecule has 0 spiro atoms. The number of carbonyl (C=O) groups excluding carboxylic acids is 2. The summed E-state index contributed by atoms with van der Waals surface area (Å²) in [4.78, 5) is 29.9. The zero-order chi connectivity index (χ0) is 24.9. The molecular weight excluding hydrogens is 448 g/mol. The molecule has 0 saturated carbocycles. The van der Waals surface area contributed by atoms with Gasteiger partial charge < -0.3 is 14.0 Å². The van der Waals surface area contributed by atoms with Crippen molar-refractivity contribution in [1.29, 1.82) is 0 Å². The van der Waals surface area contributed by atoms with Gasteiger partial charge in [-0.1, -0.05) is 45.4 Å². The lowest BCUT2D eigenvalue weighted by Crippen LogP contribution is -2.10. The molecule has 1 aromatic carbocycles. The minimum Gasteiger partial charge on any atom is -0.466 e. The molecular formula is C27H34N2O4S. The highest BCUT2D eigenvalue weighted by Crippen LogP contribution is 2.20. The molecule has 0 unspecified atom stereocenters. The summed E-state index contributed by atoms with van der Waals surface area (Å²) in [5.74, 6) is 0.266. The van der Waals surface area contributed by atoms with Crippen molar-refractivity contribution in [2.24, 2.45) is 0 Å². The van der Waals surface area contributed by atoms with Gasteiger partial charge in [0, 0.05) is 29.8 Å². The van der Waals surface area contributed by atoms with Crippen molar-refractivity contribution in [3.63, 3.8) is 0 Å². The lowest BCUT2D eigenvalue weighted by atomic mass is 10.1. The molecule has 2 aromatic heterocycles. The first-order valence-electron chi connectivity index (χ1n) is 11.6. The van der Waals surface area contributed by atoms with Gasteiger partial charge in [-0.15, -0.1) is 11.3 Å². The lowest BCUT2D eigenvalue weighted by Gasteiger charge is -2.12. The summed E-state index contributed by atoms with van der Waals surface area (Å²) in [6, 6.07) is 11.3. The Hall–Kier alpha value is -3.19. The summed E-state index contributed by atoms with van der Waals surface area (Å²) in [5.41, 5.74) is 2.97. The Balaban J connectivity index is 0.00000199. The number of benzene rings is 1. The molecule has 182 valence electrons. The number of ether oxygens (including phenoxy) is 2. The summed E-state index contributed by atoms with van der Waals surface area (Å²) in [7, 11) is 2.77. The fraction of sp³-hybridized carbons (Fsp3) is 0.370. The van der Waals surface area contributed by atoms with Crippen LogP contribution in [0.25, 0.3) is 6.08 Å². The molecule has 2 heterocycles. The number of carbonyl (C=O) groups is 2. The van der Waals surface area contributed by atoms with E-state index in [9.17, 15) is 9.59 Å². The van der Waals surface area contributed by atoms with Gasteiger partial charge >= 0.3 is 11.9 Å². The Kier molecular flexibility index (Phi) is 11.3. The van der Waals surface area contributed by atoms with E-state index in [0.717, 1.165) is 41.2 Å². The predicted octanol–water partition coefficient (Wildman–Crippen LogP) is 5.95. The number of unbranched alkanes of at least 4 members (excludes halogenated alkanes) is 1. The number of imidazole rings is 1. The number of hydrogen-bond donors (Lipinski definition) is 0. The molecule has 0 aliphatic heterocycles. The van der Waals surface area contributed by atoms with Crippen molar-refractivity contribution >= 4 is 29.4 Å². The van der Waals surface area contributed by atoms with Crippen LogP contribution < -0.4 is 0 Å². The average Bonchev–Trinajstić information content (AvgIpc) is 3.53. The van der Waals surface area contributed by atoms with Crippen molar-refractivity contribution in [2.45, 2.75) is 53.0 Å². The van der Waals surface area contributed by atoms with Crippen LogP contribution in [-0.2, 0) is 33.7 Å². The fourth-order valence-corrected chi connectivity index (χ4v) is 4.13. The maximum atomic E-state index is 12.5. The SMILES string of the molecule is CC.CCCCc1ncc(/C=C(\Cc2cccs2)C(=O)OC)n1Cc1ccc(C(=O)OC)cc1. The molecule has 0 amide bonds. The number of nitrogens with zero attached hydrogens (tertiary/aromatic N) is 2. The first kappa shape index (κ1) is 27.1. The van der Waals surface area contributed by atoms with E-state index in [1.54, 1.807) is 23.5 Å². The molecule has 0 aliphatic rings. The third-order valence-electron chi connectivity index (χ3n) is 5.15. The average molecular weight is 483 g/mol. The van der Waals surface area contributed by atoms with Gasteiger partial charge in [0.25, 0.3) is 0 Å². The molecule has 34 heavy (non-hydrogen) atoms. The monoisotopic (exact) mass is 482 g/mol. The fourth-order valence-electron chi connectivity index (χ4n) is 3.40. The summed E-state index contributed by atoms with van der Waals surface area (Å²) >= 11 is 1.61. The summed E-state index contributed by atoms with van der Waals surface area (Å²) in [6.07, 6.45) is 7.14. The zero-order valence-corrected chi connectivity index (χ0v) is 21.5. The number of hydrogen-bond acceptors (Lipinski definition) is 6. The Bertz CT molecular complexity index is 1070. The van der Waals surface area contributed by atoms with Gasteiger partial charge in [0.1, 0.15) is 5.82 Å². The van der Waals surface area contributed by atoms with Gasteiger partial charge in [0.15, 0.2) is 0 Å². The van der Waals surface area contributed by atoms with E-state index < -0.39 is 0 Å². The number of aromatic nitrogens is 2. The summed E-state index contributed by atoms with van der Waals surface area (Å²) in [6.45, 7) is 6.73. The van der Waals surface area contributed by atoms with Gasteiger partial charge in [-0.05, 0) is 41.6 Å². The van der Waals surface area contributed by atoms with E-state index in [2.05, 4.69) is 16.5 Å². The maximum Gasteiger partial charge on any atom is 0.337 e. The van der Waals surface area contributed by atoms with Crippen molar-refractivity contribution in [3.05, 3.63) is 81.1 Å². The second-order valence-corrected chi connectivity index (χ2v) is 8.43. The van der Waals surface area contributed by atoms with Gasteiger partial charge in [-0.3, -0.25) is 0 Å². The van der Waals surface area contributed by atoms with E-state index >= 15 is 0 Å². The van der Waals surface area contributed by atoms with Crippen molar-refractivity contribution in [1.82, 2.24) is 9.55 Å². The van der Waals surface area contributed by atoms with E-state index in [1.807, 2.05) is 55.8 Å². The molecule has 0 fully saturated rings. The van der Waals surface area contributed by atoms with Crippen LogP contribution in [0.15, 0.2) is 53.5 Å². The van der Waals surface area contributed by atoms with Crippen LogP contribution in [0.5, 0.6) is 0 Å². The molecule has 7 heteroatoms. The van der Waals surface area contributed by atoms with E-state index in [4.69, 9.17) is 9.47 Å². The van der Waals surface area contributed by atoms with Crippen molar-refractivity contribution in [3.8, 4) is 0 Å². The zero-order valence-electron chi connectivity index (χ0n) is 20.7. The normalized spacial score (nSPS) is 10.9. The number of aryl methyl sites for hydroxylation is 1. The van der Waals surface area contributed by atoms with E-state index in [1.165, 1.54) is 14.2 Å². The Morgan fingerprint density at radius 2 is 1.82 bits per heavy atom. The van der Waals surface area contributed by atoms with Crippen LogP contribution in [0, 0.1) is 0 Å². The second-order valence-electron chi connectivity index (χ2n) is 7.39. The van der Waals surface area contributed by atoms with Gasteiger partial charge in [0.2, 0.25) is 0 Å². The number of esters is 2. The van der Waals surface area contributed by atoms with Crippen molar-refractivity contribution < 1.29 is 19.1 Å². The van der Waals surface area contributed by atoms with Crippen LogP contribution in [0.1, 0.15) is 65.9 Å².